The zero-order valence-electron chi connectivity index (χ0n) is 16.7. The van der Waals surface area contributed by atoms with Crippen LogP contribution in [0.5, 0.6) is 5.75 Å². The highest BCUT2D eigenvalue weighted by Crippen LogP contribution is 2.39. The molecule has 2 aliphatic rings. The average molecular weight is 404 g/mol. The molecule has 0 radical (unpaired) electrons. The smallest absolute Gasteiger partial charge is 0.306 e. The normalized spacial score (nSPS) is 21.0. The fraction of sp³-hybridized carbons (Fsp3) is 0.571. The Morgan fingerprint density at radius 1 is 1.34 bits per heavy atom. The van der Waals surface area contributed by atoms with Gasteiger partial charge >= 0.3 is 5.97 Å². The third-order valence-electron chi connectivity index (χ3n) is 5.76. The van der Waals surface area contributed by atoms with Crippen molar-refractivity contribution in [3.05, 3.63) is 40.0 Å². The summed E-state index contributed by atoms with van der Waals surface area (Å²) in [5, 5.41) is 10.4. The minimum Gasteiger partial charge on any atom is -0.502 e. The molecule has 1 saturated heterocycles. The molecule has 0 aromatic carbocycles. The van der Waals surface area contributed by atoms with Crippen molar-refractivity contribution in [1.82, 2.24) is 9.80 Å². The van der Waals surface area contributed by atoms with Gasteiger partial charge < -0.3 is 19.2 Å². The summed E-state index contributed by atoms with van der Waals surface area (Å²) in [6, 6.07) is 1.31. The van der Waals surface area contributed by atoms with Crippen LogP contribution in [0.25, 0.3) is 0 Å². The number of ether oxygens (including phenoxy) is 1. The van der Waals surface area contributed by atoms with Gasteiger partial charge in [-0.2, -0.15) is 0 Å². The summed E-state index contributed by atoms with van der Waals surface area (Å²) in [4.78, 5) is 39.1. The third kappa shape index (κ3) is 5.26. The van der Waals surface area contributed by atoms with Crippen LogP contribution in [0.15, 0.2) is 27.4 Å². The Hall–Kier alpha value is -2.61. The van der Waals surface area contributed by atoms with Gasteiger partial charge in [0, 0.05) is 38.2 Å². The van der Waals surface area contributed by atoms with Gasteiger partial charge in [-0.05, 0) is 25.2 Å². The number of esters is 1. The molecule has 8 nitrogen and oxygen atoms in total. The summed E-state index contributed by atoms with van der Waals surface area (Å²) < 4.78 is 10.8. The zero-order chi connectivity index (χ0) is 20.8. The highest BCUT2D eigenvalue weighted by atomic mass is 16.5. The van der Waals surface area contributed by atoms with Crippen molar-refractivity contribution >= 4 is 12.4 Å². The summed E-state index contributed by atoms with van der Waals surface area (Å²) in [6.07, 6.45) is 7.52. The summed E-state index contributed by atoms with van der Waals surface area (Å²) in [5.41, 5.74) is -0.506. The lowest BCUT2D eigenvalue weighted by Crippen LogP contribution is -2.45. The van der Waals surface area contributed by atoms with Crippen molar-refractivity contribution < 1.29 is 23.8 Å². The van der Waals surface area contributed by atoms with Gasteiger partial charge in [0.25, 0.3) is 0 Å². The zero-order valence-corrected chi connectivity index (χ0v) is 16.7. The molecular formula is C21H28N2O6. The first-order chi connectivity index (χ1) is 14.0. The Bertz CT molecular complexity index is 810. The molecule has 1 aliphatic carbocycles. The second-order valence-electron chi connectivity index (χ2n) is 7.64. The van der Waals surface area contributed by atoms with Crippen LogP contribution in [-0.4, -0.2) is 60.6 Å². The van der Waals surface area contributed by atoms with Crippen molar-refractivity contribution in [2.45, 2.75) is 38.1 Å². The van der Waals surface area contributed by atoms with Gasteiger partial charge in [0.05, 0.1) is 20.1 Å². The molecule has 29 heavy (non-hydrogen) atoms. The highest BCUT2D eigenvalue weighted by molar-refractivity contribution is 5.70. The number of amides is 1. The van der Waals surface area contributed by atoms with E-state index in [4.69, 9.17) is 9.15 Å². The quantitative estimate of drug-likeness (QED) is 0.419. The number of piperazine rings is 1. The van der Waals surface area contributed by atoms with Gasteiger partial charge in [-0.3, -0.25) is 19.3 Å². The van der Waals surface area contributed by atoms with Crippen LogP contribution in [-0.2, 0) is 20.9 Å². The Labute approximate surface area is 169 Å². The summed E-state index contributed by atoms with van der Waals surface area (Å²) in [5.74, 6) is -0.551. The molecule has 1 aromatic rings. The molecule has 3 rings (SSSR count). The molecule has 0 unspecified atom stereocenters. The molecule has 0 spiro atoms. The lowest BCUT2D eigenvalue weighted by molar-refractivity contribution is -0.141. The Balaban J connectivity index is 1.85. The average Bonchev–Trinajstić information content (AvgIpc) is 2.75. The molecule has 1 aliphatic heterocycles. The van der Waals surface area contributed by atoms with Crippen LogP contribution in [0.3, 0.4) is 0 Å². The number of hydrogen-bond acceptors (Lipinski definition) is 7. The summed E-state index contributed by atoms with van der Waals surface area (Å²) >= 11 is 0. The van der Waals surface area contributed by atoms with Crippen molar-refractivity contribution in [3.63, 3.8) is 0 Å². The highest BCUT2D eigenvalue weighted by Gasteiger charge is 2.32. The van der Waals surface area contributed by atoms with Gasteiger partial charge in [0.15, 0.2) is 5.76 Å². The van der Waals surface area contributed by atoms with E-state index in [1.165, 1.54) is 13.2 Å². The number of nitrogens with zero attached hydrogens (tertiary/aromatic N) is 2. The van der Waals surface area contributed by atoms with Gasteiger partial charge in [-0.25, -0.2) is 0 Å². The summed E-state index contributed by atoms with van der Waals surface area (Å²) in [6.45, 7) is 3.01. The maximum Gasteiger partial charge on any atom is 0.306 e. The number of carbonyl (C=O) groups is 2. The molecule has 1 aromatic heterocycles. The van der Waals surface area contributed by atoms with E-state index in [1.807, 2.05) is 0 Å². The van der Waals surface area contributed by atoms with E-state index in [2.05, 4.69) is 17.1 Å². The van der Waals surface area contributed by atoms with Crippen LogP contribution in [0.4, 0.5) is 0 Å². The predicted molar refractivity (Wildman–Crippen MR) is 105 cm³/mol. The molecule has 0 saturated carbocycles. The number of aromatic hydroxyl groups is 1. The summed E-state index contributed by atoms with van der Waals surface area (Å²) in [7, 11) is 1.32. The maximum absolute atomic E-state index is 12.4. The van der Waals surface area contributed by atoms with E-state index >= 15 is 0 Å². The first-order valence-electron chi connectivity index (χ1n) is 10.0. The molecule has 2 heterocycles. The monoisotopic (exact) mass is 404 g/mol. The number of rotatable bonds is 7. The van der Waals surface area contributed by atoms with Crippen LogP contribution in [0.2, 0.25) is 0 Å². The second kappa shape index (κ2) is 9.73. The van der Waals surface area contributed by atoms with Crippen molar-refractivity contribution in [2.24, 2.45) is 5.92 Å². The molecule has 1 N–H and O–H groups in total. The molecule has 0 bridgehead atoms. The van der Waals surface area contributed by atoms with Gasteiger partial charge in [-0.1, -0.05) is 12.2 Å². The maximum atomic E-state index is 12.4. The van der Waals surface area contributed by atoms with Crippen LogP contribution in [0, 0.1) is 5.92 Å². The first-order valence-corrected chi connectivity index (χ1v) is 10.0. The van der Waals surface area contributed by atoms with Gasteiger partial charge in [-0.15, -0.1) is 0 Å². The molecule has 158 valence electrons. The minimum atomic E-state index is -0.506. The van der Waals surface area contributed by atoms with Gasteiger partial charge in [0.1, 0.15) is 5.76 Å². The van der Waals surface area contributed by atoms with E-state index in [9.17, 15) is 19.5 Å². The molecule has 2 atom stereocenters. The van der Waals surface area contributed by atoms with Crippen LogP contribution in [0.1, 0.15) is 43.1 Å². The molecule has 1 amide bonds. The number of carbonyl (C=O) groups excluding carboxylic acids is 2. The number of hydrogen-bond donors (Lipinski definition) is 1. The third-order valence-corrected chi connectivity index (χ3v) is 5.76. The van der Waals surface area contributed by atoms with Crippen LogP contribution >= 0.6 is 0 Å². The van der Waals surface area contributed by atoms with Gasteiger partial charge in [0.2, 0.25) is 17.6 Å². The minimum absolute atomic E-state index is 0.0486. The fourth-order valence-electron chi connectivity index (χ4n) is 4.05. The fourth-order valence-corrected chi connectivity index (χ4v) is 4.05. The van der Waals surface area contributed by atoms with E-state index in [0.29, 0.717) is 38.5 Å². The standard InChI is InChI=1S/C21H28N2O6/c1-28-19(26)12-17(15-5-3-2-4-6-15)21-20(27)18(25)11-16(29-21)13-22-7-9-23(14-24)10-8-22/h2-3,11,14-15,17,27H,4-10,12-13H2,1H3/t15-,17-/m1/s1. The SMILES string of the molecule is COC(=O)C[C@@H](c1oc(CN2CCN(C=O)CC2)cc(=O)c1O)[C@@H]1CC=CCC1. The first kappa shape index (κ1) is 21.1. The lowest BCUT2D eigenvalue weighted by Gasteiger charge is -2.32. The van der Waals surface area contributed by atoms with E-state index in [1.54, 1.807) is 4.90 Å². The molecule has 8 heteroatoms. The van der Waals surface area contributed by atoms with E-state index in [-0.39, 0.29) is 18.1 Å². The predicted octanol–water partition coefficient (Wildman–Crippen LogP) is 1.62. The topological polar surface area (TPSA) is 100 Å². The van der Waals surface area contributed by atoms with Crippen molar-refractivity contribution in [1.29, 1.82) is 0 Å². The Morgan fingerprint density at radius 2 is 2.10 bits per heavy atom. The van der Waals surface area contributed by atoms with Crippen molar-refractivity contribution in [2.75, 3.05) is 33.3 Å². The van der Waals surface area contributed by atoms with E-state index < -0.39 is 23.1 Å². The Morgan fingerprint density at radius 3 is 2.72 bits per heavy atom. The second-order valence-corrected chi connectivity index (χ2v) is 7.64. The lowest BCUT2D eigenvalue weighted by atomic mass is 9.79. The Kier molecular flexibility index (Phi) is 7.09. The molecular weight excluding hydrogens is 376 g/mol. The molecule has 1 fully saturated rings. The van der Waals surface area contributed by atoms with E-state index in [0.717, 1.165) is 25.7 Å². The van der Waals surface area contributed by atoms with Crippen molar-refractivity contribution in [3.8, 4) is 5.75 Å². The van der Waals surface area contributed by atoms with Crippen LogP contribution < -0.4 is 5.43 Å². The number of methoxy groups -OCH3 is 1. The number of allylic oxidation sites excluding steroid dienone is 2. The largest absolute Gasteiger partial charge is 0.502 e.